The number of aliphatic hydroxyl groups is 1. The van der Waals surface area contributed by atoms with Gasteiger partial charge in [0.25, 0.3) is 0 Å². The van der Waals surface area contributed by atoms with Crippen molar-refractivity contribution >= 4 is 35.0 Å². The standard InChI is InChI=1S/C20H29F3N4O2S2/c1-13-9-19(4-6-27(13)11-14(26-24)10-25-5-8-30-2)17-15(3-7-29-19)16(12-28)18(31-17)20(21,22)23/h10,13,28H,3-9,11-12,24H2,1-2H3/t13-,19?/m0/s1. The molecule has 2 aliphatic heterocycles. The third-order valence-corrected chi connectivity index (χ3v) is 8.02. The van der Waals surface area contributed by atoms with E-state index in [9.17, 15) is 18.3 Å². The maximum absolute atomic E-state index is 13.6. The Morgan fingerprint density at radius 1 is 1.48 bits per heavy atom. The molecule has 174 valence electrons. The van der Waals surface area contributed by atoms with Crippen LogP contribution in [0.15, 0.2) is 10.1 Å². The summed E-state index contributed by atoms with van der Waals surface area (Å²) < 4.78 is 46.8. The van der Waals surface area contributed by atoms with Crippen LogP contribution in [0.3, 0.4) is 0 Å². The van der Waals surface area contributed by atoms with Crippen LogP contribution in [0.1, 0.15) is 40.6 Å². The first kappa shape index (κ1) is 24.5. The van der Waals surface area contributed by atoms with Gasteiger partial charge in [-0.05, 0) is 38.0 Å². The summed E-state index contributed by atoms with van der Waals surface area (Å²) in [5.74, 6) is 6.46. The molecular weight excluding hydrogens is 449 g/mol. The molecule has 0 bridgehead atoms. The molecule has 6 nitrogen and oxygen atoms in total. The average Bonchev–Trinajstić information content (AvgIpc) is 3.13. The minimum atomic E-state index is -4.48. The number of halogens is 3. The van der Waals surface area contributed by atoms with Gasteiger partial charge in [-0.1, -0.05) is 0 Å². The van der Waals surface area contributed by atoms with Gasteiger partial charge >= 0.3 is 6.18 Å². The number of aliphatic imine (C=N–C) groups is 1. The Labute approximate surface area is 188 Å². The number of aliphatic hydroxyl groups excluding tert-OH is 1. The molecule has 0 radical (unpaired) electrons. The number of nitrogens with two attached hydrogens (primary N) is 1. The van der Waals surface area contributed by atoms with E-state index in [1.165, 1.54) is 0 Å². The summed E-state index contributed by atoms with van der Waals surface area (Å²) in [6.07, 6.45) is 0.791. The molecule has 3 N–H and O–H groups in total. The molecule has 0 saturated carbocycles. The number of fused-ring (bicyclic) bond motifs is 2. The Bertz CT molecular complexity index is 828. The highest BCUT2D eigenvalue weighted by Crippen LogP contribution is 2.51. The van der Waals surface area contributed by atoms with Crippen LogP contribution in [0.4, 0.5) is 13.2 Å². The molecule has 1 fully saturated rings. The van der Waals surface area contributed by atoms with Crippen molar-refractivity contribution in [3.05, 3.63) is 20.9 Å². The first-order valence-corrected chi connectivity index (χ1v) is 12.4. The fourth-order valence-electron chi connectivity index (χ4n) is 4.40. The van der Waals surface area contributed by atoms with Gasteiger partial charge in [0.2, 0.25) is 0 Å². The lowest BCUT2D eigenvalue weighted by molar-refractivity contribution is -0.135. The molecule has 2 atom stereocenters. The normalized spacial score (nSPS) is 25.5. The fourth-order valence-corrected chi connectivity index (χ4v) is 6.10. The van der Waals surface area contributed by atoms with E-state index in [0.29, 0.717) is 61.7 Å². The van der Waals surface area contributed by atoms with Gasteiger partial charge in [-0.2, -0.15) is 30.0 Å². The number of thioether (sulfide) groups is 1. The number of hydrazone groups is 1. The summed E-state index contributed by atoms with van der Waals surface area (Å²) in [6.45, 7) is 3.67. The topological polar surface area (TPSA) is 83.4 Å². The Balaban J connectivity index is 1.78. The van der Waals surface area contributed by atoms with E-state index in [0.717, 1.165) is 17.1 Å². The van der Waals surface area contributed by atoms with Gasteiger partial charge in [-0.15, -0.1) is 11.3 Å². The molecule has 3 rings (SSSR count). The summed E-state index contributed by atoms with van der Waals surface area (Å²) in [5.41, 5.74) is 0.571. The third kappa shape index (κ3) is 5.27. The minimum Gasteiger partial charge on any atom is -0.392 e. The highest BCUT2D eigenvalue weighted by atomic mass is 32.2. The van der Waals surface area contributed by atoms with Crippen LogP contribution in [0.25, 0.3) is 0 Å². The quantitative estimate of drug-likeness (QED) is 0.272. The molecule has 31 heavy (non-hydrogen) atoms. The second kappa shape index (κ2) is 10.2. The van der Waals surface area contributed by atoms with E-state index < -0.39 is 23.3 Å². The SMILES string of the molecule is CSCCN=CC(CN1CCC2(C[C@@H]1C)OCCc1c2sc(C(F)(F)F)c1CO)=NN. The van der Waals surface area contributed by atoms with E-state index in [1.54, 1.807) is 18.0 Å². The van der Waals surface area contributed by atoms with E-state index in [2.05, 4.69) is 15.0 Å². The Kier molecular flexibility index (Phi) is 8.06. The molecule has 1 spiro atoms. The highest BCUT2D eigenvalue weighted by molar-refractivity contribution is 7.98. The number of ether oxygens (including phenoxy) is 1. The molecule has 11 heteroatoms. The zero-order valence-corrected chi connectivity index (χ0v) is 19.4. The van der Waals surface area contributed by atoms with Crippen LogP contribution in [-0.4, -0.2) is 66.2 Å². The van der Waals surface area contributed by atoms with Gasteiger partial charge in [0, 0.05) is 48.1 Å². The summed E-state index contributed by atoms with van der Waals surface area (Å²) >= 11 is 2.46. The summed E-state index contributed by atoms with van der Waals surface area (Å²) in [7, 11) is 0. The maximum atomic E-state index is 13.6. The summed E-state index contributed by atoms with van der Waals surface area (Å²) in [4.78, 5) is 6.49. The molecular formula is C20H29F3N4O2S2. The number of piperidine rings is 1. The Hall–Kier alpha value is -1.14. The van der Waals surface area contributed by atoms with Crippen molar-refractivity contribution < 1.29 is 23.0 Å². The first-order valence-electron chi connectivity index (χ1n) is 10.2. The highest BCUT2D eigenvalue weighted by Gasteiger charge is 2.48. The van der Waals surface area contributed by atoms with Crippen LogP contribution in [0, 0.1) is 0 Å². The van der Waals surface area contributed by atoms with Gasteiger partial charge in [0.1, 0.15) is 10.5 Å². The largest absolute Gasteiger partial charge is 0.425 e. The summed E-state index contributed by atoms with van der Waals surface area (Å²) in [5, 5.41) is 13.5. The van der Waals surface area contributed by atoms with Crippen molar-refractivity contribution in [3.63, 3.8) is 0 Å². The molecule has 0 aliphatic carbocycles. The van der Waals surface area contributed by atoms with Crippen molar-refractivity contribution in [1.29, 1.82) is 0 Å². The van der Waals surface area contributed by atoms with Gasteiger partial charge in [0.15, 0.2) is 0 Å². The van der Waals surface area contributed by atoms with Crippen LogP contribution in [-0.2, 0) is 29.5 Å². The smallest absolute Gasteiger partial charge is 0.392 e. The predicted octanol–water partition coefficient (Wildman–Crippen LogP) is 3.26. The van der Waals surface area contributed by atoms with Gasteiger partial charge in [-0.25, -0.2) is 0 Å². The second-order valence-corrected chi connectivity index (χ2v) is 9.89. The van der Waals surface area contributed by atoms with Crippen LogP contribution >= 0.6 is 23.1 Å². The lowest BCUT2D eigenvalue weighted by Crippen LogP contribution is -2.51. The number of alkyl halides is 3. The van der Waals surface area contributed by atoms with Crippen LogP contribution in [0.5, 0.6) is 0 Å². The zero-order valence-electron chi connectivity index (χ0n) is 17.7. The zero-order chi connectivity index (χ0) is 22.6. The van der Waals surface area contributed by atoms with Gasteiger partial charge in [0.05, 0.1) is 18.9 Å². The van der Waals surface area contributed by atoms with Gasteiger partial charge < -0.3 is 15.7 Å². The Morgan fingerprint density at radius 2 is 2.26 bits per heavy atom. The van der Waals surface area contributed by atoms with E-state index in [1.807, 2.05) is 13.2 Å². The molecule has 0 aromatic carbocycles. The van der Waals surface area contributed by atoms with E-state index in [-0.39, 0.29) is 11.6 Å². The first-order chi connectivity index (χ1) is 14.8. The van der Waals surface area contributed by atoms with Crippen molar-refractivity contribution in [3.8, 4) is 0 Å². The monoisotopic (exact) mass is 478 g/mol. The van der Waals surface area contributed by atoms with Crippen LogP contribution < -0.4 is 5.84 Å². The molecule has 1 saturated heterocycles. The molecule has 1 aromatic rings. The van der Waals surface area contributed by atoms with Crippen molar-refractivity contribution in [2.24, 2.45) is 15.9 Å². The molecule has 0 amide bonds. The minimum absolute atomic E-state index is 0.0178. The molecule has 2 aliphatic rings. The second-order valence-electron chi connectivity index (χ2n) is 7.89. The van der Waals surface area contributed by atoms with Crippen molar-refractivity contribution in [2.45, 2.75) is 50.6 Å². The van der Waals surface area contributed by atoms with Crippen molar-refractivity contribution in [2.75, 3.05) is 38.2 Å². The number of likely N-dealkylation sites (tertiary alicyclic amines) is 1. The Morgan fingerprint density at radius 3 is 2.87 bits per heavy atom. The van der Waals surface area contributed by atoms with Crippen molar-refractivity contribution in [1.82, 2.24) is 4.90 Å². The summed E-state index contributed by atoms with van der Waals surface area (Å²) in [6, 6.07) is 0.0602. The number of hydrogen-bond acceptors (Lipinski definition) is 8. The third-order valence-electron chi connectivity index (χ3n) is 5.92. The van der Waals surface area contributed by atoms with Crippen LogP contribution in [0.2, 0.25) is 0 Å². The molecule has 3 heterocycles. The van der Waals surface area contributed by atoms with E-state index in [4.69, 9.17) is 10.6 Å². The average molecular weight is 479 g/mol. The van der Waals surface area contributed by atoms with E-state index >= 15 is 0 Å². The molecule has 1 unspecified atom stereocenters. The number of thiophene rings is 1. The lowest BCUT2D eigenvalue weighted by atomic mass is 9.81. The predicted molar refractivity (Wildman–Crippen MR) is 120 cm³/mol. The van der Waals surface area contributed by atoms with Gasteiger partial charge in [-0.3, -0.25) is 9.89 Å². The fraction of sp³-hybridized carbons (Fsp3) is 0.700. The molecule has 1 aromatic heterocycles. The lowest BCUT2D eigenvalue weighted by Gasteiger charge is -2.47. The number of rotatable bonds is 7. The number of nitrogens with zero attached hydrogens (tertiary/aromatic N) is 3. The number of hydrogen-bond donors (Lipinski definition) is 2. The maximum Gasteiger partial charge on any atom is 0.425 e.